The number of aromatic nitrogens is 1. The third-order valence-corrected chi connectivity index (χ3v) is 4.78. The third-order valence-electron chi connectivity index (χ3n) is 4.78. The number of alkyl carbamates (subject to hydrolysis) is 1. The number of rotatable bonds is 5. The minimum Gasteiger partial charge on any atom is -0.464 e. The van der Waals surface area contributed by atoms with Crippen molar-refractivity contribution in [2.75, 3.05) is 43.1 Å². The van der Waals surface area contributed by atoms with Gasteiger partial charge in [-0.3, -0.25) is 10.7 Å². The number of hydrogen-bond acceptors (Lipinski definition) is 8. The van der Waals surface area contributed by atoms with E-state index in [0.29, 0.717) is 31.9 Å². The summed E-state index contributed by atoms with van der Waals surface area (Å²) in [5.41, 5.74) is 6.81. The van der Waals surface area contributed by atoms with E-state index >= 15 is 0 Å². The van der Waals surface area contributed by atoms with Crippen molar-refractivity contribution in [3.8, 4) is 0 Å². The summed E-state index contributed by atoms with van der Waals surface area (Å²) in [6.45, 7) is 2.15. The van der Waals surface area contributed by atoms with E-state index in [-0.39, 0.29) is 17.9 Å². The van der Waals surface area contributed by atoms with E-state index in [1.54, 1.807) is 30.5 Å². The highest BCUT2D eigenvalue weighted by Crippen LogP contribution is 2.25. The van der Waals surface area contributed by atoms with Crippen LogP contribution in [-0.2, 0) is 16.1 Å². The Morgan fingerprint density at radius 3 is 2.52 bits per heavy atom. The molecule has 2 heterocycles. The molecule has 1 saturated heterocycles. The van der Waals surface area contributed by atoms with E-state index in [9.17, 15) is 14.0 Å². The van der Waals surface area contributed by atoms with Gasteiger partial charge in [-0.15, -0.1) is 0 Å². The smallest absolute Gasteiger partial charge is 0.414 e. The Morgan fingerprint density at radius 1 is 1.19 bits per heavy atom. The second-order valence-corrected chi connectivity index (χ2v) is 6.73. The van der Waals surface area contributed by atoms with E-state index < -0.39 is 23.8 Å². The minimum absolute atomic E-state index is 0.223. The Labute approximate surface area is 178 Å². The van der Waals surface area contributed by atoms with Gasteiger partial charge in [-0.1, -0.05) is 12.1 Å². The van der Waals surface area contributed by atoms with Crippen molar-refractivity contribution < 1.29 is 23.5 Å². The molecular formula is C20H23FN6O4. The van der Waals surface area contributed by atoms with Crippen LogP contribution in [-0.4, -0.2) is 56.3 Å². The molecule has 31 heavy (non-hydrogen) atoms. The number of hydrogen-bond donors (Lipinski definition) is 3. The predicted octanol–water partition coefficient (Wildman–Crippen LogP) is 1.45. The Hall–Kier alpha value is -3.89. The molecule has 2 aromatic rings. The fourth-order valence-electron chi connectivity index (χ4n) is 3.22. The number of methoxy groups -OCH3 is 1. The first-order chi connectivity index (χ1) is 14.9. The van der Waals surface area contributed by atoms with Crippen molar-refractivity contribution in [2.24, 2.45) is 5.73 Å². The molecule has 164 valence electrons. The largest absolute Gasteiger partial charge is 0.464 e. The topological polar surface area (TPSA) is 134 Å². The number of carbonyl (C=O) groups is 2. The SMILES string of the molecule is COC(=O)c1ccc(N2CCN(c3cccc(COC(=O)NC(=N)N)c3F)CC2)cn1. The molecule has 0 spiro atoms. The highest BCUT2D eigenvalue weighted by molar-refractivity contribution is 5.90. The standard InChI is InChI=1S/C20H23FN6O4/c1-30-18(28)15-6-5-14(11-24-15)26-7-9-27(10-8-26)16-4-2-3-13(17(16)21)12-31-20(29)25-19(22)23/h2-6,11H,7-10,12H2,1H3,(H4,22,23,25,29). The molecule has 0 atom stereocenters. The first kappa shape index (κ1) is 21.8. The molecule has 3 rings (SSSR count). The molecule has 4 N–H and O–H groups in total. The van der Waals surface area contributed by atoms with Gasteiger partial charge in [0.25, 0.3) is 0 Å². The van der Waals surface area contributed by atoms with Crippen LogP contribution in [0.2, 0.25) is 0 Å². The fraction of sp³-hybridized carbons (Fsp3) is 0.300. The van der Waals surface area contributed by atoms with Crippen molar-refractivity contribution in [3.63, 3.8) is 0 Å². The third kappa shape index (κ3) is 5.38. The number of carbonyl (C=O) groups excluding carboxylic acids is 2. The van der Waals surface area contributed by atoms with Gasteiger partial charge >= 0.3 is 12.1 Å². The zero-order chi connectivity index (χ0) is 22.4. The Kier molecular flexibility index (Phi) is 6.85. The van der Waals surface area contributed by atoms with Crippen LogP contribution in [0.3, 0.4) is 0 Å². The molecule has 0 unspecified atom stereocenters. The van der Waals surface area contributed by atoms with Crippen molar-refractivity contribution in [2.45, 2.75) is 6.61 Å². The van der Waals surface area contributed by atoms with Gasteiger partial charge < -0.3 is 25.0 Å². The predicted molar refractivity (Wildman–Crippen MR) is 112 cm³/mol. The Morgan fingerprint density at radius 2 is 1.90 bits per heavy atom. The van der Waals surface area contributed by atoms with Gasteiger partial charge in [0.05, 0.1) is 24.7 Å². The summed E-state index contributed by atoms with van der Waals surface area (Å²) < 4.78 is 24.5. The van der Waals surface area contributed by atoms with E-state index in [1.807, 2.05) is 10.2 Å². The average Bonchev–Trinajstić information content (AvgIpc) is 2.77. The molecule has 10 nitrogen and oxygen atoms in total. The van der Waals surface area contributed by atoms with Crippen LogP contribution in [0, 0.1) is 11.2 Å². The normalized spacial score (nSPS) is 13.5. The molecule has 0 aliphatic carbocycles. The monoisotopic (exact) mass is 430 g/mol. The van der Waals surface area contributed by atoms with Crippen LogP contribution in [0.15, 0.2) is 36.5 Å². The van der Waals surface area contributed by atoms with Crippen LogP contribution in [0.25, 0.3) is 0 Å². The summed E-state index contributed by atoms with van der Waals surface area (Å²) in [6, 6.07) is 8.32. The number of piperazine rings is 1. The van der Waals surface area contributed by atoms with E-state index in [0.717, 1.165) is 5.69 Å². The molecule has 0 radical (unpaired) electrons. The summed E-state index contributed by atoms with van der Waals surface area (Å²) in [5, 5.41) is 8.97. The van der Waals surface area contributed by atoms with Crippen LogP contribution < -0.4 is 20.9 Å². The summed E-state index contributed by atoms with van der Waals surface area (Å²) in [5.74, 6) is -1.50. The van der Waals surface area contributed by atoms with Gasteiger partial charge in [0.1, 0.15) is 12.3 Å². The van der Waals surface area contributed by atoms with Gasteiger partial charge in [0.2, 0.25) is 0 Å². The summed E-state index contributed by atoms with van der Waals surface area (Å²) in [7, 11) is 1.30. The second-order valence-electron chi connectivity index (χ2n) is 6.73. The number of nitrogens with one attached hydrogen (secondary N) is 2. The molecule has 0 bridgehead atoms. The first-order valence-corrected chi connectivity index (χ1v) is 9.48. The summed E-state index contributed by atoms with van der Waals surface area (Å²) in [4.78, 5) is 31.1. The lowest BCUT2D eigenvalue weighted by Crippen LogP contribution is -2.47. The van der Waals surface area contributed by atoms with E-state index in [2.05, 4.69) is 14.6 Å². The van der Waals surface area contributed by atoms with Crippen LogP contribution in [0.1, 0.15) is 16.1 Å². The number of benzene rings is 1. The Bertz CT molecular complexity index is 961. The van der Waals surface area contributed by atoms with Gasteiger partial charge in [0, 0.05) is 31.7 Å². The molecule has 1 aromatic carbocycles. The summed E-state index contributed by atoms with van der Waals surface area (Å²) >= 11 is 0. The van der Waals surface area contributed by atoms with Crippen molar-refractivity contribution in [3.05, 3.63) is 53.6 Å². The molecule has 1 amide bonds. The molecule has 1 fully saturated rings. The van der Waals surface area contributed by atoms with Crippen molar-refractivity contribution >= 4 is 29.4 Å². The average molecular weight is 430 g/mol. The van der Waals surface area contributed by atoms with E-state index in [1.165, 1.54) is 13.2 Å². The lowest BCUT2D eigenvalue weighted by atomic mass is 10.1. The van der Waals surface area contributed by atoms with Crippen LogP contribution >= 0.6 is 0 Å². The van der Waals surface area contributed by atoms with E-state index in [4.69, 9.17) is 15.9 Å². The number of amides is 1. The van der Waals surface area contributed by atoms with Crippen molar-refractivity contribution in [1.82, 2.24) is 10.3 Å². The molecule has 0 saturated carbocycles. The minimum atomic E-state index is -0.919. The number of nitrogens with two attached hydrogens (primary N) is 1. The zero-order valence-electron chi connectivity index (χ0n) is 16.9. The van der Waals surface area contributed by atoms with Gasteiger partial charge in [-0.25, -0.2) is 19.0 Å². The zero-order valence-corrected chi connectivity index (χ0v) is 16.9. The quantitative estimate of drug-likeness (QED) is 0.369. The number of anilines is 2. The fourth-order valence-corrected chi connectivity index (χ4v) is 3.22. The molecule has 11 heteroatoms. The van der Waals surface area contributed by atoms with Gasteiger partial charge in [-0.2, -0.15) is 0 Å². The number of ether oxygens (including phenoxy) is 2. The maximum absolute atomic E-state index is 15.0. The lowest BCUT2D eigenvalue weighted by Gasteiger charge is -2.37. The van der Waals surface area contributed by atoms with Gasteiger partial charge in [0.15, 0.2) is 11.8 Å². The van der Waals surface area contributed by atoms with Crippen LogP contribution in [0.4, 0.5) is 20.6 Å². The lowest BCUT2D eigenvalue weighted by molar-refractivity contribution is 0.0594. The van der Waals surface area contributed by atoms with Gasteiger partial charge in [-0.05, 0) is 18.2 Å². The molecule has 1 aromatic heterocycles. The van der Waals surface area contributed by atoms with Crippen LogP contribution in [0.5, 0.6) is 0 Å². The number of pyridine rings is 1. The first-order valence-electron chi connectivity index (χ1n) is 9.48. The number of halogens is 1. The molecule has 1 aliphatic heterocycles. The number of guanidine groups is 1. The number of nitrogens with zero attached hydrogens (tertiary/aromatic N) is 3. The maximum atomic E-state index is 15.0. The molecular weight excluding hydrogens is 407 g/mol. The maximum Gasteiger partial charge on any atom is 0.414 e. The second kappa shape index (κ2) is 9.74. The Balaban J connectivity index is 1.61. The molecule has 1 aliphatic rings. The van der Waals surface area contributed by atoms with Crippen molar-refractivity contribution in [1.29, 1.82) is 5.41 Å². The number of esters is 1. The highest BCUT2D eigenvalue weighted by Gasteiger charge is 2.22. The summed E-state index contributed by atoms with van der Waals surface area (Å²) in [6.07, 6.45) is 0.699. The highest BCUT2D eigenvalue weighted by atomic mass is 19.1.